The summed E-state index contributed by atoms with van der Waals surface area (Å²) in [5.41, 5.74) is 14.5. The second-order valence-electron chi connectivity index (χ2n) is 4.73. The Balaban J connectivity index is 2.22. The van der Waals surface area contributed by atoms with Gasteiger partial charge in [-0.25, -0.2) is 5.43 Å². The van der Waals surface area contributed by atoms with Crippen LogP contribution in [0.3, 0.4) is 0 Å². The van der Waals surface area contributed by atoms with Gasteiger partial charge in [0.1, 0.15) is 0 Å². The van der Waals surface area contributed by atoms with E-state index in [4.69, 9.17) is 17.3 Å². The molecule has 0 amide bonds. The van der Waals surface area contributed by atoms with Gasteiger partial charge in [0.25, 0.3) is 0 Å². The van der Waals surface area contributed by atoms with Crippen molar-refractivity contribution in [2.45, 2.75) is 50.7 Å². The third-order valence-corrected chi connectivity index (χ3v) is 3.22. The van der Waals surface area contributed by atoms with Crippen LogP contribution in [-0.4, -0.2) is 24.8 Å². The maximum absolute atomic E-state index is 6.12. The highest BCUT2D eigenvalue weighted by atomic mass is 15.3. The van der Waals surface area contributed by atoms with Gasteiger partial charge in [-0.15, -0.1) is 0 Å². The lowest BCUT2D eigenvalue weighted by molar-refractivity contribution is 0.376. The van der Waals surface area contributed by atoms with Crippen LogP contribution >= 0.6 is 0 Å². The average Bonchev–Trinajstić information content (AvgIpc) is 2.62. The van der Waals surface area contributed by atoms with Gasteiger partial charge in [-0.05, 0) is 38.5 Å². The number of nitrogens with one attached hydrogen (secondary N) is 2. The Morgan fingerprint density at radius 3 is 2.67 bits per heavy atom. The van der Waals surface area contributed by atoms with E-state index in [-0.39, 0.29) is 12.1 Å². The first-order valence-electron chi connectivity index (χ1n) is 5.81. The van der Waals surface area contributed by atoms with E-state index in [1.165, 1.54) is 12.8 Å². The van der Waals surface area contributed by atoms with Crippen LogP contribution in [-0.2, 0) is 0 Å². The van der Waals surface area contributed by atoms with Crippen molar-refractivity contribution in [3.8, 4) is 0 Å². The van der Waals surface area contributed by atoms with Crippen LogP contribution in [0.2, 0.25) is 0 Å². The van der Waals surface area contributed by atoms with Crippen molar-refractivity contribution in [1.82, 2.24) is 10.7 Å². The smallest absolute Gasteiger partial charge is 0.0589 e. The van der Waals surface area contributed by atoms with Gasteiger partial charge in [-0.1, -0.05) is 0 Å². The normalized spacial score (nSPS) is 30.4. The Morgan fingerprint density at radius 2 is 2.07 bits per heavy atom. The largest absolute Gasteiger partial charge is 0.328 e. The summed E-state index contributed by atoms with van der Waals surface area (Å²) in [6, 6.07) is 1.02. The van der Waals surface area contributed by atoms with E-state index < -0.39 is 0 Å². The minimum absolute atomic E-state index is 0.206. The summed E-state index contributed by atoms with van der Waals surface area (Å²) in [6.07, 6.45) is 4.47. The predicted octanol–water partition coefficient (Wildman–Crippen LogP) is -0.770. The van der Waals surface area contributed by atoms with Gasteiger partial charge < -0.3 is 16.8 Å². The molecule has 1 saturated carbocycles. The average molecular weight is 215 g/mol. The second-order valence-corrected chi connectivity index (χ2v) is 4.73. The molecule has 5 heteroatoms. The van der Waals surface area contributed by atoms with Gasteiger partial charge in [0, 0.05) is 18.1 Å². The van der Waals surface area contributed by atoms with Crippen molar-refractivity contribution < 1.29 is 0 Å². The van der Waals surface area contributed by atoms with E-state index in [1.807, 2.05) is 6.92 Å². The third-order valence-electron chi connectivity index (χ3n) is 3.22. The number of hydrogen-bond acceptors (Lipinski definition) is 5. The molecular weight excluding hydrogens is 190 g/mol. The highest BCUT2D eigenvalue weighted by molar-refractivity contribution is 4.87. The van der Waals surface area contributed by atoms with Gasteiger partial charge in [0.15, 0.2) is 0 Å². The zero-order chi connectivity index (χ0) is 11.3. The fraction of sp³-hybridized carbons (Fsp3) is 1.00. The first-order valence-corrected chi connectivity index (χ1v) is 5.81. The Labute approximate surface area is 92.1 Å². The third kappa shape index (κ3) is 4.44. The molecule has 1 rings (SSSR count). The monoisotopic (exact) mass is 215 g/mol. The number of rotatable bonds is 6. The van der Waals surface area contributed by atoms with Gasteiger partial charge >= 0.3 is 0 Å². The van der Waals surface area contributed by atoms with Crippen LogP contribution in [0.5, 0.6) is 0 Å². The molecule has 15 heavy (non-hydrogen) atoms. The Hall–Kier alpha value is -0.200. The molecular formula is C10H25N5. The lowest BCUT2D eigenvalue weighted by atomic mass is 9.93. The predicted molar refractivity (Wildman–Crippen MR) is 62.7 cm³/mol. The molecule has 1 aliphatic carbocycles. The zero-order valence-corrected chi connectivity index (χ0v) is 9.58. The summed E-state index contributed by atoms with van der Waals surface area (Å²) >= 11 is 0. The quantitative estimate of drug-likeness (QED) is 0.227. The molecule has 4 atom stereocenters. The van der Waals surface area contributed by atoms with Crippen LogP contribution in [0.15, 0.2) is 0 Å². The summed E-state index contributed by atoms with van der Waals surface area (Å²) < 4.78 is 0. The molecule has 0 saturated heterocycles. The minimum atomic E-state index is 0.206. The molecule has 1 aliphatic rings. The first kappa shape index (κ1) is 12.9. The van der Waals surface area contributed by atoms with Crippen molar-refractivity contribution >= 4 is 0 Å². The summed E-state index contributed by atoms with van der Waals surface area (Å²) in [5.74, 6) is 5.83. The minimum Gasteiger partial charge on any atom is -0.328 e. The summed E-state index contributed by atoms with van der Waals surface area (Å²) in [7, 11) is 0. The van der Waals surface area contributed by atoms with Crippen LogP contribution < -0.4 is 28.1 Å². The molecule has 0 bridgehead atoms. The molecule has 0 aromatic rings. The molecule has 0 aromatic heterocycles. The van der Waals surface area contributed by atoms with Crippen molar-refractivity contribution in [3.05, 3.63) is 0 Å². The number of hydrogen-bond donors (Lipinski definition) is 5. The summed E-state index contributed by atoms with van der Waals surface area (Å²) in [5, 5.41) is 3.35. The fourth-order valence-corrected chi connectivity index (χ4v) is 2.42. The van der Waals surface area contributed by atoms with E-state index in [9.17, 15) is 0 Å². The Kier molecular flexibility index (Phi) is 5.49. The molecule has 0 aliphatic heterocycles. The summed E-state index contributed by atoms with van der Waals surface area (Å²) in [6.45, 7) is 2.68. The maximum Gasteiger partial charge on any atom is 0.0589 e. The van der Waals surface area contributed by atoms with Crippen molar-refractivity contribution in [3.63, 3.8) is 0 Å². The van der Waals surface area contributed by atoms with Crippen LogP contribution in [0.25, 0.3) is 0 Å². The first-order chi connectivity index (χ1) is 7.13. The van der Waals surface area contributed by atoms with Crippen molar-refractivity contribution in [2.24, 2.45) is 23.2 Å². The van der Waals surface area contributed by atoms with E-state index >= 15 is 0 Å². The summed E-state index contributed by atoms with van der Waals surface area (Å²) in [4.78, 5) is 0. The molecule has 0 aromatic carbocycles. The standard InChI is InChI=1S/C10H25N5/c1-7(11)4-10(12)8-2-3-9(5-8)14-6-15-13/h7-10,14-15H,2-6,11-13H2,1H3. The van der Waals surface area contributed by atoms with Crippen LogP contribution in [0.4, 0.5) is 0 Å². The molecule has 0 radical (unpaired) electrons. The van der Waals surface area contributed by atoms with Crippen LogP contribution in [0, 0.1) is 5.92 Å². The Bertz CT molecular complexity index is 173. The highest BCUT2D eigenvalue weighted by Crippen LogP contribution is 2.28. The molecule has 90 valence electrons. The van der Waals surface area contributed by atoms with E-state index in [0.29, 0.717) is 18.6 Å². The van der Waals surface area contributed by atoms with Gasteiger partial charge in [0.2, 0.25) is 0 Å². The van der Waals surface area contributed by atoms with E-state index in [0.717, 1.165) is 12.8 Å². The van der Waals surface area contributed by atoms with Crippen molar-refractivity contribution in [2.75, 3.05) is 6.67 Å². The van der Waals surface area contributed by atoms with Gasteiger partial charge in [-0.2, -0.15) is 0 Å². The fourth-order valence-electron chi connectivity index (χ4n) is 2.42. The van der Waals surface area contributed by atoms with Gasteiger partial charge in [0.05, 0.1) is 6.67 Å². The SMILES string of the molecule is CC(N)CC(N)C1CCC(NCNN)C1. The number of nitrogens with two attached hydrogens (primary N) is 3. The van der Waals surface area contributed by atoms with Crippen molar-refractivity contribution in [1.29, 1.82) is 0 Å². The zero-order valence-electron chi connectivity index (χ0n) is 9.58. The molecule has 8 N–H and O–H groups in total. The topological polar surface area (TPSA) is 102 Å². The molecule has 5 nitrogen and oxygen atoms in total. The van der Waals surface area contributed by atoms with E-state index in [1.54, 1.807) is 0 Å². The van der Waals surface area contributed by atoms with Crippen LogP contribution in [0.1, 0.15) is 32.6 Å². The molecule has 1 fully saturated rings. The lowest BCUT2D eigenvalue weighted by Crippen LogP contribution is -2.40. The van der Waals surface area contributed by atoms with E-state index in [2.05, 4.69) is 10.7 Å². The number of hydrazine groups is 1. The maximum atomic E-state index is 6.12. The lowest BCUT2D eigenvalue weighted by Gasteiger charge is -2.21. The molecule has 4 unspecified atom stereocenters. The highest BCUT2D eigenvalue weighted by Gasteiger charge is 2.28. The second kappa shape index (κ2) is 6.40. The molecule has 0 spiro atoms. The van der Waals surface area contributed by atoms with Gasteiger partial charge in [-0.3, -0.25) is 5.84 Å². The molecule has 0 heterocycles. The Morgan fingerprint density at radius 1 is 1.33 bits per heavy atom.